The Hall–Kier alpha value is -1.66. The highest BCUT2D eigenvalue weighted by Gasteiger charge is 2.16. The van der Waals surface area contributed by atoms with Crippen molar-refractivity contribution in [3.63, 3.8) is 0 Å². The molecule has 0 bridgehead atoms. The van der Waals surface area contributed by atoms with Crippen LogP contribution in [-0.4, -0.2) is 14.6 Å². The van der Waals surface area contributed by atoms with Gasteiger partial charge in [-0.2, -0.15) is 13.5 Å². The first kappa shape index (κ1) is 17.7. The van der Waals surface area contributed by atoms with Crippen LogP contribution in [0.4, 0.5) is 0 Å². The zero-order valence-electron chi connectivity index (χ0n) is 13.2. The molecule has 0 radical (unpaired) electrons. The Bertz CT molecular complexity index is 807. The Morgan fingerprint density at radius 3 is 2.22 bits per heavy atom. The third-order valence-electron chi connectivity index (χ3n) is 3.31. The number of sulfonamides is 1. The molecule has 6 heteroatoms. The van der Waals surface area contributed by atoms with Gasteiger partial charge in [-0.25, -0.2) is 4.83 Å². The molecule has 1 N–H and O–H groups in total. The average molecular weight is 395 g/mol. The summed E-state index contributed by atoms with van der Waals surface area (Å²) in [4.78, 5) is 2.42. The summed E-state index contributed by atoms with van der Waals surface area (Å²) in [5.74, 6) is 0. The van der Waals surface area contributed by atoms with Crippen LogP contribution >= 0.6 is 15.9 Å². The van der Waals surface area contributed by atoms with Crippen molar-refractivity contribution in [1.29, 1.82) is 0 Å². The van der Waals surface area contributed by atoms with Gasteiger partial charge in [-0.1, -0.05) is 67.0 Å². The van der Waals surface area contributed by atoms with Gasteiger partial charge in [0.15, 0.2) is 0 Å². The van der Waals surface area contributed by atoms with Crippen molar-refractivity contribution in [2.24, 2.45) is 5.10 Å². The molecule has 2 aromatic rings. The fourth-order valence-corrected chi connectivity index (χ4v) is 3.11. The molecular formula is C17H19BrN2O2S. The number of hydrazone groups is 1. The fraction of sp³-hybridized carbons (Fsp3) is 0.235. The van der Waals surface area contributed by atoms with Crippen LogP contribution in [0.5, 0.6) is 0 Å². The minimum Gasteiger partial charge on any atom is -0.200 e. The third kappa shape index (κ3) is 4.65. The van der Waals surface area contributed by atoms with Crippen LogP contribution in [0, 0.1) is 0 Å². The summed E-state index contributed by atoms with van der Waals surface area (Å²) in [5.41, 5.74) is 1.85. The first-order valence-electron chi connectivity index (χ1n) is 7.10. The maximum Gasteiger partial charge on any atom is 0.276 e. The average Bonchev–Trinajstić information content (AvgIpc) is 2.48. The molecule has 0 atom stereocenters. The van der Waals surface area contributed by atoms with E-state index in [2.05, 4.69) is 46.6 Å². The topological polar surface area (TPSA) is 58.5 Å². The van der Waals surface area contributed by atoms with E-state index in [0.717, 1.165) is 15.6 Å². The number of benzene rings is 2. The minimum absolute atomic E-state index is 0.0204. The monoisotopic (exact) mass is 394 g/mol. The first-order valence-corrected chi connectivity index (χ1v) is 9.38. The molecule has 0 aliphatic carbocycles. The number of nitrogens with zero attached hydrogens (tertiary/aromatic N) is 1. The van der Waals surface area contributed by atoms with Crippen LogP contribution in [0.25, 0.3) is 0 Å². The molecular weight excluding hydrogens is 376 g/mol. The normalized spacial score (nSPS) is 12.5. The van der Waals surface area contributed by atoms with E-state index in [0.29, 0.717) is 0 Å². The van der Waals surface area contributed by atoms with Crippen molar-refractivity contribution < 1.29 is 8.42 Å². The number of hydrogen-bond donors (Lipinski definition) is 1. The molecule has 0 aliphatic rings. The second-order valence-corrected chi connectivity index (χ2v) is 8.66. The molecule has 23 heavy (non-hydrogen) atoms. The van der Waals surface area contributed by atoms with Gasteiger partial charge in [-0.05, 0) is 29.2 Å². The number of halogens is 1. The Kier molecular flexibility index (Phi) is 5.26. The SMILES string of the molecule is CC(C)(C)c1ccc(S(=O)(=O)NN=Cc2ccccc2Br)cc1. The molecule has 0 fully saturated rings. The lowest BCUT2D eigenvalue weighted by Gasteiger charge is -2.19. The van der Waals surface area contributed by atoms with E-state index in [-0.39, 0.29) is 10.3 Å². The zero-order valence-corrected chi connectivity index (χ0v) is 15.6. The Morgan fingerprint density at radius 1 is 1.04 bits per heavy atom. The molecule has 0 unspecified atom stereocenters. The van der Waals surface area contributed by atoms with Crippen LogP contribution in [0.15, 0.2) is 63.0 Å². The van der Waals surface area contributed by atoms with Gasteiger partial charge in [-0.15, -0.1) is 0 Å². The van der Waals surface area contributed by atoms with Gasteiger partial charge in [0.05, 0.1) is 11.1 Å². The van der Waals surface area contributed by atoms with Crippen molar-refractivity contribution in [1.82, 2.24) is 4.83 Å². The highest BCUT2D eigenvalue weighted by atomic mass is 79.9. The molecule has 0 saturated heterocycles. The molecule has 0 saturated carbocycles. The summed E-state index contributed by atoms with van der Waals surface area (Å²) in [5, 5.41) is 3.83. The molecule has 0 aliphatic heterocycles. The van der Waals surface area contributed by atoms with E-state index in [4.69, 9.17) is 0 Å². The van der Waals surface area contributed by atoms with Gasteiger partial charge in [0.1, 0.15) is 0 Å². The molecule has 0 spiro atoms. The summed E-state index contributed by atoms with van der Waals surface area (Å²) in [7, 11) is -3.67. The lowest BCUT2D eigenvalue weighted by atomic mass is 9.87. The van der Waals surface area contributed by atoms with Crippen molar-refractivity contribution in [2.45, 2.75) is 31.1 Å². The summed E-state index contributed by atoms with van der Waals surface area (Å²) in [6, 6.07) is 14.3. The summed E-state index contributed by atoms with van der Waals surface area (Å²) in [6.45, 7) is 6.24. The van der Waals surface area contributed by atoms with Gasteiger partial charge in [0, 0.05) is 10.0 Å². The summed E-state index contributed by atoms with van der Waals surface area (Å²) < 4.78 is 25.3. The molecule has 2 aromatic carbocycles. The Labute approximate surface area is 145 Å². The van der Waals surface area contributed by atoms with Gasteiger partial charge in [-0.3, -0.25) is 0 Å². The van der Waals surface area contributed by atoms with Crippen molar-refractivity contribution in [3.05, 3.63) is 64.1 Å². The number of hydrogen-bond acceptors (Lipinski definition) is 3. The van der Waals surface area contributed by atoms with Gasteiger partial charge in [0.2, 0.25) is 0 Å². The van der Waals surface area contributed by atoms with Gasteiger partial charge < -0.3 is 0 Å². The van der Waals surface area contributed by atoms with Crippen LogP contribution in [-0.2, 0) is 15.4 Å². The Morgan fingerprint density at radius 2 is 1.65 bits per heavy atom. The minimum atomic E-state index is -3.67. The molecule has 4 nitrogen and oxygen atoms in total. The van der Waals surface area contributed by atoms with E-state index < -0.39 is 10.0 Å². The Balaban J connectivity index is 2.15. The van der Waals surface area contributed by atoms with E-state index in [1.54, 1.807) is 12.1 Å². The fourth-order valence-electron chi connectivity index (χ4n) is 1.93. The first-order chi connectivity index (χ1) is 10.7. The number of nitrogens with one attached hydrogen (secondary N) is 1. The third-order valence-corrected chi connectivity index (χ3v) is 5.27. The lowest BCUT2D eigenvalue weighted by Crippen LogP contribution is -2.19. The molecule has 0 amide bonds. The van der Waals surface area contributed by atoms with E-state index in [1.165, 1.54) is 6.21 Å². The predicted molar refractivity (Wildman–Crippen MR) is 97.2 cm³/mol. The zero-order chi connectivity index (χ0) is 17.1. The second-order valence-electron chi connectivity index (χ2n) is 6.15. The standard InChI is InChI=1S/C17H19BrN2O2S/c1-17(2,3)14-8-10-15(11-9-14)23(21,22)20-19-12-13-6-4-5-7-16(13)18/h4-12,20H,1-3H3. The van der Waals surface area contributed by atoms with Crippen molar-refractivity contribution in [3.8, 4) is 0 Å². The molecule has 2 rings (SSSR count). The van der Waals surface area contributed by atoms with Crippen LogP contribution in [0.1, 0.15) is 31.9 Å². The largest absolute Gasteiger partial charge is 0.276 e. The second kappa shape index (κ2) is 6.84. The number of rotatable bonds is 4. The highest BCUT2D eigenvalue weighted by molar-refractivity contribution is 9.10. The van der Waals surface area contributed by atoms with E-state index in [1.807, 2.05) is 36.4 Å². The van der Waals surface area contributed by atoms with Crippen molar-refractivity contribution >= 4 is 32.2 Å². The maximum absolute atomic E-state index is 12.2. The maximum atomic E-state index is 12.2. The van der Waals surface area contributed by atoms with Crippen molar-refractivity contribution in [2.75, 3.05) is 0 Å². The highest BCUT2D eigenvalue weighted by Crippen LogP contribution is 2.23. The summed E-state index contributed by atoms with van der Waals surface area (Å²) >= 11 is 3.38. The van der Waals surface area contributed by atoms with Crippen LogP contribution < -0.4 is 4.83 Å². The van der Waals surface area contributed by atoms with Crippen LogP contribution in [0.2, 0.25) is 0 Å². The molecule has 122 valence electrons. The summed E-state index contributed by atoms with van der Waals surface area (Å²) in [6.07, 6.45) is 1.46. The molecule has 0 aromatic heterocycles. The molecule has 0 heterocycles. The van der Waals surface area contributed by atoms with E-state index in [9.17, 15) is 8.42 Å². The predicted octanol–water partition coefficient (Wildman–Crippen LogP) is 4.06. The van der Waals surface area contributed by atoms with Crippen LogP contribution in [0.3, 0.4) is 0 Å². The lowest BCUT2D eigenvalue weighted by molar-refractivity contribution is 0.580. The quantitative estimate of drug-likeness (QED) is 0.627. The van der Waals surface area contributed by atoms with E-state index >= 15 is 0 Å². The van der Waals surface area contributed by atoms with Gasteiger partial charge >= 0.3 is 0 Å². The van der Waals surface area contributed by atoms with Gasteiger partial charge in [0.25, 0.3) is 10.0 Å². The smallest absolute Gasteiger partial charge is 0.200 e.